The molecule has 24 heavy (non-hydrogen) atoms. The second-order valence-electron chi connectivity index (χ2n) is 7.05. The van der Waals surface area contributed by atoms with Crippen molar-refractivity contribution < 1.29 is 19.4 Å². The number of aliphatic carboxylic acids is 1. The molecule has 1 aromatic rings. The molecule has 6 heteroatoms. The van der Waals surface area contributed by atoms with E-state index in [0.717, 1.165) is 10.0 Å². The molecule has 3 rings (SSSR count). The molecule has 2 heterocycles. The SMILES string of the molecule is C[C@@]1(C(=O)O)CCN(C(=O)C2(c3cccc(Br)c3)CCOCC2)C1. The number of ether oxygens (including phenoxy) is 1. The van der Waals surface area contributed by atoms with Crippen LogP contribution in [0.1, 0.15) is 31.7 Å². The number of carbonyl (C=O) groups is 2. The quantitative estimate of drug-likeness (QED) is 0.854. The molecular formula is C18H22BrNO4. The van der Waals surface area contributed by atoms with Gasteiger partial charge in [0.05, 0.1) is 10.8 Å². The molecule has 0 aromatic heterocycles. The number of hydrogen-bond acceptors (Lipinski definition) is 3. The van der Waals surface area contributed by atoms with Gasteiger partial charge in [-0.05, 0) is 43.9 Å². The Balaban J connectivity index is 1.92. The van der Waals surface area contributed by atoms with Gasteiger partial charge in [-0.15, -0.1) is 0 Å². The summed E-state index contributed by atoms with van der Waals surface area (Å²) in [4.78, 5) is 26.6. The average molecular weight is 396 g/mol. The Kier molecular flexibility index (Phi) is 4.71. The zero-order chi connectivity index (χ0) is 17.4. The Hall–Kier alpha value is -1.40. The summed E-state index contributed by atoms with van der Waals surface area (Å²) in [5.74, 6) is -0.796. The zero-order valence-electron chi connectivity index (χ0n) is 13.8. The lowest BCUT2D eigenvalue weighted by Crippen LogP contribution is -2.50. The van der Waals surface area contributed by atoms with E-state index in [-0.39, 0.29) is 12.5 Å². The number of benzene rings is 1. The van der Waals surface area contributed by atoms with Crippen molar-refractivity contribution in [3.05, 3.63) is 34.3 Å². The second kappa shape index (κ2) is 6.48. The Bertz CT molecular complexity index is 656. The molecule has 1 N–H and O–H groups in total. The van der Waals surface area contributed by atoms with E-state index in [4.69, 9.17) is 4.74 Å². The summed E-state index contributed by atoms with van der Waals surface area (Å²) in [6.07, 6.45) is 1.75. The van der Waals surface area contributed by atoms with Gasteiger partial charge >= 0.3 is 5.97 Å². The third-order valence-corrected chi connectivity index (χ3v) is 5.90. The van der Waals surface area contributed by atoms with Crippen molar-refractivity contribution in [2.45, 2.75) is 31.6 Å². The Morgan fingerprint density at radius 1 is 1.25 bits per heavy atom. The molecule has 5 nitrogen and oxygen atoms in total. The molecule has 0 bridgehead atoms. The second-order valence-corrected chi connectivity index (χ2v) is 7.96. The fourth-order valence-corrected chi connectivity index (χ4v) is 4.14. The van der Waals surface area contributed by atoms with Crippen LogP contribution in [0, 0.1) is 5.41 Å². The summed E-state index contributed by atoms with van der Waals surface area (Å²) < 4.78 is 6.43. The van der Waals surface area contributed by atoms with Gasteiger partial charge in [-0.1, -0.05) is 28.1 Å². The van der Waals surface area contributed by atoms with E-state index in [1.807, 2.05) is 24.3 Å². The minimum absolute atomic E-state index is 0.0360. The summed E-state index contributed by atoms with van der Waals surface area (Å²) >= 11 is 3.49. The summed E-state index contributed by atoms with van der Waals surface area (Å²) in [6.45, 7) is 3.58. The normalized spacial score (nSPS) is 26.3. The summed E-state index contributed by atoms with van der Waals surface area (Å²) in [5.41, 5.74) is -0.487. The van der Waals surface area contributed by atoms with Gasteiger partial charge in [-0.3, -0.25) is 9.59 Å². The maximum absolute atomic E-state index is 13.4. The maximum atomic E-state index is 13.4. The van der Waals surface area contributed by atoms with Crippen molar-refractivity contribution in [2.75, 3.05) is 26.3 Å². The van der Waals surface area contributed by atoms with Crippen LogP contribution in [0.15, 0.2) is 28.7 Å². The lowest BCUT2D eigenvalue weighted by molar-refractivity contribution is -0.148. The van der Waals surface area contributed by atoms with Crippen LogP contribution in [0.5, 0.6) is 0 Å². The molecule has 0 spiro atoms. The van der Waals surface area contributed by atoms with E-state index in [1.165, 1.54) is 0 Å². The molecule has 0 aliphatic carbocycles. The van der Waals surface area contributed by atoms with Crippen LogP contribution in [0.3, 0.4) is 0 Å². The highest BCUT2D eigenvalue weighted by atomic mass is 79.9. The van der Waals surface area contributed by atoms with Crippen molar-refractivity contribution in [2.24, 2.45) is 5.41 Å². The molecule has 130 valence electrons. The lowest BCUT2D eigenvalue weighted by atomic mass is 9.73. The number of halogens is 1. The van der Waals surface area contributed by atoms with Crippen molar-refractivity contribution in [3.63, 3.8) is 0 Å². The first kappa shape index (κ1) is 17.4. The molecule has 2 saturated heterocycles. The van der Waals surface area contributed by atoms with Gasteiger partial charge in [0.25, 0.3) is 0 Å². The van der Waals surface area contributed by atoms with Crippen molar-refractivity contribution >= 4 is 27.8 Å². The highest BCUT2D eigenvalue weighted by Crippen LogP contribution is 2.40. The van der Waals surface area contributed by atoms with E-state index in [0.29, 0.717) is 39.0 Å². The number of hydrogen-bond donors (Lipinski definition) is 1. The first-order valence-corrected chi connectivity index (χ1v) is 9.03. The number of carboxylic acids is 1. The van der Waals surface area contributed by atoms with Gasteiger partial charge in [0.2, 0.25) is 5.91 Å². The summed E-state index contributed by atoms with van der Waals surface area (Å²) in [6, 6.07) is 7.86. The van der Waals surface area contributed by atoms with Crippen LogP contribution in [-0.2, 0) is 19.7 Å². The van der Waals surface area contributed by atoms with Crippen LogP contribution >= 0.6 is 15.9 Å². The van der Waals surface area contributed by atoms with Crippen molar-refractivity contribution in [3.8, 4) is 0 Å². The molecule has 1 aromatic carbocycles. The standard InChI is InChI=1S/C18H22BrNO4/c1-17(16(22)23)5-8-20(12-17)15(21)18(6-9-24-10-7-18)13-3-2-4-14(19)11-13/h2-4,11H,5-10,12H2,1H3,(H,22,23)/t17-/m1/s1. The number of amides is 1. The first-order chi connectivity index (χ1) is 11.4. The Labute approximate surface area is 150 Å². The minimum atomic E-state index is -0.848. The molecule has 0 unspecified atom stereocenters. The number of carboxylic acid groups (broad SMARTS) is 1. The van der Waals surface area contributed by atoms with Gasteiger partial charge in [-0.25, -0.2) is 0 Å². The molecule has 1 amide bonds. The van der Waals surface area contributed by atoms with E-state index < -0.39 is 16.8 Å². The molecule has 2 aliphatic rings. The molecule has 2 fully saturated rings. The largest absolute Gasteiger partial charge is 0.481 e. The fraction of sp³-hybridized carbons (Fsp3) is 0.556. The van der Waals surface area contributed by atoms with Gasteiger partial charge in [-0.2, -0.15) is 0 Å². The third kappa shape index (κ3) is 2.97. The molecule has 0 radical (unpaired) electrons. The Morgan fingerprint density at radius 2 is 1.96 bits per heavy atom. The van der Waals surface area contributed by atoms with Crippen LogP contribution in [-0.4, -0.2) is 48.2 Å². The predicted octanol–water partition coefficient (Wildman–Crippen LogP) is 2.82. The predicted molar refractivity (Wildman–Crippen MR) is 92.8 cm³/mol. The van der Waals surface area contributed by atoms with E-state index in [2.05, 4.69) is 15.9 Å². The number of nitrogens with zero attached hydrogens (tertiary/aromatic N) is 1. The van der Waals surface area contributed by atoms with E-state index >= 15 is 0 Å². The summed E-state index contributed by atoms with van der Waals surface area (Å²) in [5, 5.41) is 9.44. The highest BCUT2D eigenvalue weighted by molar-refractivity contribution is 9.10. The van der Waals surface area contributed by atoms with Crippen molar-refractivity contribution in [1.29, 1.82) is 0 Å². The lowest BCUT2D eigenvalue weighted by Gasteiger charge is -2.39. The smallest absolute Gasteiger partial charge is 0.311 e. The van der Waals surface area contributed by atoms with Crippen LogP contribution < -0.4 is 0 Å². The van der Waals surface area contributed by atoms with Crippen molar-refractivity contribution in [1.82, 2.24) is 4.90 Å². The number of carbonyl (C=O) groups excluding carboxylic acids is 1. The van der Waals surface area contributed by atoms with Gasteiger partial charge in [0, 0.05) is 30.8 Å². The topological polar surface area (TPSA) is 66.8 Å². The number of rotatable bonds is 3. The van der Waals surface area contributed by atoms with Crippen LogP contribution in [0.2, 0.25) is 0 Å². The van der Waals surface area contributed by atoms with Crippen LogP contribution in [0.25, 0.3) is 0 Å². The monoisotopic (exact) mass is 395 g/mol. The zero-order valence-corrected chi connectivity index (χ0v) is 15.3. The molecule has 1 atom stereocenters. The molecule has 2 aliphatic heterocycles. The maximum Gasteiger partial charge on any atom is 0.311 e. The fourth-order valence-electron chi connectivity index (χ4n) is 3.74. The van der Waals surface area contributed by atoms with Crippen LogP contribution in [0.4, 0.5) is 0 Å². The van der Waals surface area contributed by atoms with Gasteiger partial charge < -0.3 is 14.7 Å². The van der Waals surface area contributed by atoms with E-state index in [9.17, 15) is 14.7 Å². The van der Waals surface area contributed by atoms with E-state index in [1.54, 1.807) is 11.8 Å². The Morgan fingerprint density at radius 3 is 2.54 bits per heavy atom. The average Bonchev–Trinajstić information content (AvgIpc) is 2.98. The van der Waals surface area contributed by atoms with Gasteiger partial charge in [0.15, 0.2) is 0 Å². The first-order valence-electron chi connectivity index (χ1n) is 8.24. The summed E-state index contributed by atoms with van der Waals surface area (Å²) in [7, 11) is 0. The molecular weight excluding hydrogens is 374 g/mol. The highest BCUT2D eigenvalue weighted by Gasteiger charge is 2.49. The molecule has 0 saturated carbocycles. The van der Waals surface area contributed by atoms with Gasteiger partial charge in [0.1, 0.15) is 0 Å². The number of likely N-dealkylation sites (tertiary alicyclic amines) is 1. The minimum Gasteiger partial charge on any atom is -0.481 e. The third-order valence-electron chi connectivity index (χ3n) is 5.41.